The molecule has 0 spiro atoms. The summed E-state index contributed by atoms with van der Waals surface area (Å²) in [4.78, 5) is 2.59. The van der Waals surface area contributed by atoms with Crippen molar-refractivity contribution < 1.29 is 0 Å². The first kappa shape index (κ1) is 9.72. The Labute approximate surface area is 86.7 Å². The molecule has 1 heteroatoms. The van der Waals surface area contributed by atoms with E-state index in [0.717, 1.165) is 0 Å². The third kappa shape index (κ3) is 1.83. The van der Waals surface area contributed by atoms with E-state index in [4.69, 9.17) is 0 Å². The molecule has 0 bridgehead atoms. The first-order chi connectivity index (χ1) is 6.79. The molecule has 1 heterocycles. The molecule has 1 saturated heterocycles. The second kappa shape index (κ2) is 4.14. The molecule has 1 aromatic carbocycles. The topological polar surface area (TPSA) is 3.24 Å². The van der Waals surface area contributed by atoms with Gasteiger partial charge in [-0.1, -0.05) is 24.3 Å². The molecular formula is C13H19N. The third-order valence-corrected chi connectivity index (χ3v) is 3.33. The molecule has 1 atom stereocenters. The van der Waals surface area contributed by atoms with Gasteiger partial charge in [-0.3, -0.25) is 4.90 Å². The maximum Gasteiger partial charge on any atom is 0.0322 e. The summed E-state index contributed by atoms with van der Waals surface area (Å²) in [5.41, 5.74) is 2.92. The summed E-state index contributed by atoms with van der Waals surface area (Å²) in [7, 11) is 0. The predicted octanol–water partition coefficient (Wildman–Crippen LogP) is 3.15. The number of likely N-dealkylation sites (tertiary alicyclic amines) is 1. The maximum absolute atomic E-state index is 2.59. The molecule has 0 aliphatic carbocycles. The summed E-state index contributed by atoms with van der Waals surface area (Å²) in [5.74, 6) is 0. The monoisotopic (exact) mass is 189 g/mol. The first-order valence-electron chi connectivity index (χ1n) is 5.58. The van der Waals surface area contributed by atoms with E-state index in [1.54, 1.807) is 0 Å². The molecular weight excluding hydrogens is 170 g/mol. The zero-order valence-electron chi connectivity index (χ0n) is 9.16. The highest BCUT2D eigenvalue weighted by Gasteiger charge is 2.19. The Balaban J connectivity index is 2.17. The lowest BCUT2D eigenvalue weighted by Gasteiger charge is -2.25. The quantitative estimate of drug-likeness (QED) is 0.690. The summed E-state index contributed by atoms with van der Waals surface area (Å²) in [6.07, 6.45) is 2.74. The van der Waals surface area contributed by atoms with Gasteiger partial charge in [0.15, 0.2) is 0 Å². The van der Waals surface area contributed by atoms with Gasteiger partial charge in [-0.15, -0.1) is 0 Å². The van der Waals surface area contributed by atoms with Crippen LogP contribution in [-0.2, 0) is 0 Å². The third-order valence-electron chi connectivity index (χ3n) is 3.33. The van der Waals surface area contributed by atoms with Crippen LogP contribution in [0.5, 0.6) is 0 Å². The van der Waals surface area contributed by atoms with Crippen molar-refractivity contribution in [1.82, 2.24) is 4.90 Å². The Morgan fingerprint density at radius 2 is 1.79 bits per heavy atom. The maximum atomic E-state index is 2.59. The van der Waals surface area contributed by atoms with Crippen molar-refractivity contribution in [2.45, 2.75) is 32.7 Å². The lowest BCUT2D eigenvalue weighted by molar-refractivity contribution is 0.262. The first-order valence-corrected chi connectivity index (χ1v) is 5.58. The summed E-state index contributed by atoms with van der Waals surface area (Å²) in [6, 6.07) is 9.34. The molecule has 0 aromatic heterocycles. The van der Waals surface area contributed by atoms with Gasteiger partial charge in [0.05, 0.1) is 0 Å². The van der Waals surface area contributed by atoms with Gasteiger partial charge in [0, 0.05) is 6.04 Å². The Morgan fingerprint density at radius 1 is 1.14 bits per heavy atom. The minimum absolute atomic E-state index is 0.596. The average molecular weight is 189 g/mol. The van der Waals surface area contributed by atoms with Gasteiger partial charge < -0.3 is 0 Å². The van der Waals surface area contributed by atoms with Gasteiger partial charge in [-0.2, -0.15) is 0 Å². The Kier molecular flexibility index (Phi) is 2.87. The molecule has 1 aliphatic rings. The number of hydrogen-bond donors (Lipinski definition) is 0. The Bertz CT molecular complexity index is 300. The highest BCUT2D eigenvalue weighted by Crippen LogP contribution is 2.26. The van der Waals surface area contributed by atoms with Crippen molar-refractivity contribution in [3.05, 3.63) is 35.4 Å². The minimum atomic E-state index is 0.596. The van der Waals surface area contributed by atoms with Crippen molar-refractivity contribution in [2.24, 2.45) is 0 Å². The van der Waals surface area contributed by atoms with E-state index in [1.807, 2.05) is 0 Å². The SMILES string of the molecule is Cc1ccccc1[C@@H](C)N1CCCC1. The summed E-state index contributed by atoms with van der Waals surface area (Å²) >= 11 is 0. The molecule has 0 amide bonds. The van der Waals surface area contributed by atoms with Crippen LogP contribution in [0, 0.1) is 6.92 Å². The fourth-order valence-electron chi connectivity index (χ4n) is 2.38. The molecule has 1 nitrogen and oxygen atoms in total. The van der Waals surface area contributed by atoms with E-state index >= 15 is 0 Å². The molecule has 2 rings (SSSR count). The largest absolute Gasteiger partial charge is 0.297 e. The van der Waals surface area contributed by atoms with E-state index < -0.39 is 0 Å². The zero-order valence-corrected chi connectivity index (χ0v) is 9.16. The van der Waals surface area contributed by atoms with E-state index in [9.17, 15) is 0 Å². The van der Waals surface area contributed by atoms with E-state index in [1.165, 1.54) is 37.1 Å². The number of hydrogen-bond acceptors (Lipinski definition) is 1. The lowest BCUT2D eigenvalue weighted by atomic mass is 10.0. The van der Waals surface area contributed by atoms with Crippen LogP contribution in [0.1, 0.15) is 36.9 Å². The molecule has 0 radical (unpaired) electrons. The summed E-state index contributed by atoms with van der Waals surface area (Å²) < 4.78 is 0. The molecule has 1 aliphatic heterocycles. The summed E-state index contributed by atoms with van der Waals surface area (Å²) in [5, 5.41) is 0. The number of aryl methyl sites for hydroxylation is 1. The van der Waals surface area contributed by atoms with Crippen LogP contribution in [0.4, 0.5) is 0 Å². The Morgan fingerprint density at radius 3 is 2.43 bits per heavy atom. The van der Waals surface area contributed by atoms with Gasteiger partial charge >= 0.3 is 0 Å². The van der Waals surface area contributed by atoms with E-state index in [0.29, 0.717) is 6.04 Å². The Hall–Kier alpha value is -0.820. The smallest absolute Gasteiger partial charge is 0.0322 e. The minimum Gasteiger partial charge on any atom is -0.297 e. The van der Waals surface area contributed by atoms with Gasteiger partial charge in [0.2, 0.25) is 0 Å². The fraction of sp³-hybridized carbons (Fsp3) is 0.538. The van der Waals surface area contributed by atoms with Crippen LogP contribution in [0.3, 0.4) is 0 Å². The zero-order chi connectivity index (χ0) is 9.97. The highest BCUT2D eigenvalue weighted by atomic mass is 15.2. The van der Waals surface area contributed by atoms with Gasteiger partial charge in [0.25, 0.3) is 0 Å². The normalized spacial score (nSPS) is 19.9. The summed E-state index contributed by atoms with van der Waals surface area (Å²) in [6.45, 7) is 7.08. The number of benzene rings is 1. The van der Waals surface area contributed by atoms with Crippen molar-refractivity contribution in [3.8, 4) is 0 Å². The van der Waals surface area contributed by atoms with Crippen LogP contribution < -0.4 is 0 Å². The standard InChI is InChI=1S/C13H19N/c1-11-7-3-4-8-13(11)12(2)14-9-5-6-10-14/h3-4,7-8,12H,5-6,9-10H2,1-2H3/t12-/m1/s1. The molecule has 0 N–H and O–H groups in total. The van der Waals surface area contributed by atoms with Crippen LogP contribution in [0.2, 0.25) is 0 Å². The molecule has 14 heavy (non-hydrogen) atoms. The van der Waals surface area contributed by atoms with Crippen molar-refractivity contribution in [1.29, 1.82) is 0 Å². The van der Waals surface area contributed by atoms with Crippen molar-refractivity contribution >= 4 is 0 Å². The van der Waals surface area contributed by atoms with Crippen LogP contribution in [0.25, 0.3) is 0 Å². The second-order valence-corrected chi connectivity index (χ2v) is 4.28. The lowest BCUT2D eigenvalue weighted by Crippen LogP contribution is -2.23. The van der Waals surface area contributed by atoms with Crippen molar-refractivity contribution in [2.75, 3.05) is 13.1 Å². The number of nitrogens with zero attached hydrogens (tertiary/aromatic N) is 1. The molecule has 0 saturated carbocycles. The molecule has 76 valence electrons. The van der Waals surface area contributed by atoms with Crippen LogP contribution in [0.15, 0.2) is 24.3 Å². The van der Waals surface area contributed by atoms with Crippen LogP contribution in [-0.4, -0.2) is 18.0 Å². The molecule has 1 fully saturated rings. The average Bonchev–Trinajstić information content (AvgIpc) is 2.70. The highest BCUT2D eigenvalue weighted by molar-refractivity contribution is 5.28. The van der Waals surface area contributed by atoms with E-state index in [-0.39, 0.29) is 0 Å². The van der Waals surface area contributed by atoms with Gasteiger partial charge in [-0.25, -0.2) is 0 Å². The predicted molar refractivity (Wildman–Crippen MR) is 60.4 cm³/mol. The molecule has 1 aromatic rings. The van der Waals surface area contributed by atoms with Gasteiger partial charge in [-0.05, 0) is 50.9 Å². The number of rotatable bonds is 2. The van der Waals surface area contributed by atoms with Crippen LogP contribution >= 0.6 is 0 Å². The van der Waals surface area contributed by atoms with E-state index in [2.05, 4.69) is 43.0 Å². The van der Waals surface area contributed by atoms with Crippen molar-refractivity contribution in [3.63, 3.8) is 0 Å². The molecule has 0 unspecified atom stereocenters. The second-order valence-electron chi connectivity index (χ2n) is 4.28. The fourth-order valence-corrected chi connectivity index (χ4v) is 2.38. The van der Waals surface area contributed by atoms with Gasteiger partial charge in [0.1, 0.15) is 0 Å².